The first kappa shape index (κ1) is 26.3. The molecule has 7 heteroatoms. The lowest BCUT2D eigenvalue weighted by Crippen LogP contribution is -2.39. The molecule has 3 rings (SSSR count). The molecule has 0 saturated heterocycles. The maximum Gasteiger partial charge on any atom is 0.255 e. The van der Waals surface area contributed by atoms with E-state index in [0.29, 0.717) is 11.1 Å². The van der Waals surface area contributed by atoms with Gasteiger partial charge in [0.05, 0.1) is 17.7 Å². The fourth-order valence-electron chi connectivity index (χ4n) is 4.04. The summed E-state index contributed by atoms with van der Waals surface area (Å²) in [5.41, 5.74) is 8.71. The van der Waals surface area contributed by atoms with Crippen LogP contribution in [0.1, 0.15) is 45.9 Å². The number of nitrogens with one attached hydrogen (secondary N) is 1. The van der Waals surface area contributed by atoms with Gasteiger partial charge in [-0.05, 0) is 61.9 Å². The van der Waals surface area contributed by atoms with E-state index in [1.54, 1.807) is 20.1 Å². The summed E-state index contributed by atoms with van der Waals surface area (Å²) in [6.45, 7) is 9.27. The monoisotopic (exact) mass is 491 g/mol. The molecule has 0 aliphatic heterocycles. The lowest BCUT2D eigenvalue weighted by molar-refractivity contribution is -0.121. The number of carbonyl (C=O) groups is 1. The molecular formula is C28H33N3O3S. The van der Waals surface area contributed by atoms with Gasteiger partial charge in [0.15, 0.2) is 0 Å². The molecule has 0 aromatic heterocycles. The van der Waals surface area contributed by atoms with Gasteiger partial charge in [-0.3, -0.25) is 4.79 Å². The van der Waals surface area contributed by atoms with Crippen LogP contribution in [-0.4, -0.2) is 31.4 Å². The van der Waals surface area contributed by atoms with E-state index < -0.39 is 15.9 Å². The first-order valence-corrected chi connectivity index (χ1v) is 13.1. The number of sulfonamides is 1. The van der Waals surface area contributed by atoms with Crippen molar-refractivity contribution in [2.75, 3.05) is 6.54 Å². The van der Waals surface area contributed by atoms with Crippen LogP contribution >= 0.6 is 0 Å². The summed E-state index contributed by atoms with van der Waals surface area (Å²) < 4.78 is 28.7. The van der Waals surface area contributed by atoms with Crippen LogP contribution in [0.2, 0.25) is 0 Å². The Kier molecular flexibility index (Phi) is 8.59. The van der Waals surface area contributed by atoms with E-state index in [9.17, 15) is 13.2 Å². The molecule has 0 bridgehead atoms. The minimum atomic E-state index is -3.95. The third kappa shape index (κ3) is 6.87. The van der Waals surface area contributed by atoms with Crippen molar-refractivity contribution in [3.05, 3.63) is 99.6 Å². The molecule has 0 fully saturated rings. The molecule has 1 amide bonds. The molecule has 3 aromatic rings. The summed E-state index contributed by atoms with van der Waals surface area (Å²) in [6.07, 6.45) is 2.49. The van der Waals surface area contributed by atoms with Gasteiger partial charge in [0.2, 0.25) is 10.0 Å². The van der Waals surface area contributed by atoms with Gasteiger partial charge in [-0.1, -0.05) is 78.7 Å². The Bertz CT molecular complexity index is 1290. The fraction of sp³-hybridized carbons (Fsp3) is 0.286. The van der Waals surface area contributed by atoms with Crippen molar-refractivity contribution < 1.29 is 13.2 Å². The summed E-state index contributed by atoms with van der Waals surface area (Å²) in [5.74, 6) is -0.510. The molecular weight excluding hydrogens is 458 g/mol. The van der Waals surface area contributed by atoms with E-state index in [-0.39, 0.29) is 18.0 Å². The number of hydrogen-bond donors (Lipinski definition) is 1. The molecule has 1 N–H and O–H groups in total. The largest absolute Gasteiger partial charge is 0.272 e. The van der Waals surface area contributed by atoms with Crippen LogP contribution in [0.5, 0.6) is 0 Å². The van der Waals surface area contributed by atoms with Crippen molar-refractivity contribution in [2.24, 2.45) is 5.10 Å². The van der Waals surface area contributed by atoms with Crippen molar-refractivity contribution >= 4 is 22.1 Å². The van der Waals surface area contributed by atoms with Crippen molar-refractivity contribution in [1.82, 2.24) is 9.73 Å². The van der Waals surface area contributed by atoms with Crippen LogP contribution in [0.3, 0.4) is 0 Å². The van der Waals surface area contributed by atoms with E-state index in [2.05, 4.69) is 17.5 Å². The Hall–Kier alpha value is -3.29. The predicted octanol–water partition coefficient (Wildman–Crippen LogP) is 4.82. The second kappa shape index (κ2) is 11.4. The van der Waals surface area contributed by atoms with E-state index in [0.717, 1.165) is 28.7 Å². The molecule has 0 radical (unpaired) electrons. The number of hydrogen-bond acceptors (Lipinski definition) is 4. The molecule has 0 heterocycles. The maximum atomic E-state index is 13.8. The topological polar surface area (TPSA) is 78.8 Å². The van der Waals surface area contributed by atoms with Crippen LogP contribution in [0, 0.1) is 27.7 Å². The summed E-state index contributed by atoms with van der Waals surface area (Å²) in [4.78, 5) is 13.0. The lowest BCUT2D eigenvalue weighted by Gasteiger charge is -2.24. The van der Waals surface area contributed by atoms with Gasteiger partial charge in [0.25, 0.3) is 5.91 Å². The van der Waals surface area contributed by atoms with Gasteiger partial charge >= 0.3 is 0 Å². The smallest absolute Gasteiger partial charge is 0.255 e. The van der Waals surface area contributed by atoms with Crippen LogP contribution < -0.4 is 5.43 Å². The van der Waals surface area contributed by atoms with E-state index in [1.807, 2.05) is 74.5 Å². The van der Waals surface area contributed by atoms with Crippen molar-refractivity contribution in [1.29, 1.82) is 0 Å². The Morgan fingerprint density at radius 2 is 1.46 bits per heavy atom. The van der Waals surface area contributed by atoms with Crippen LogP contribution in [0.25, 0.3) is 0 Å². The quantitative estimate of drug-likeness (QED) is 0.344. The van der Waals surface area contributed by atoms with Crippen LogP contribution in [0.4, 0.5) is 0 Å². The number of rotatable bonds is 9. The van der Waals surface area contributed by atoms with E-state index in [4.69, 9.17) is 0 Å². The minimum Gasteiger partial charge on any atom is -0.272 e. The van der Waals surface area contributed by atoms with Gasteiger partial charge in [-0.25, -0.2) is 13.8 Å². The Morgan fingerprint density at radius 1 is 0.886 bits per heavy atom. The number of nitrogens with zero attached hydrogens (tertiary/aromatic N) is 2. The summed E-state index contributed by atoms with van der Waals surface area (Å²) in [6, 6.07) is 19.2. The number of benzene rings is 3. The van der Waals surface area contributed by atoms with Crippen LogP contribution in [-0.2, 0) is 27.8 Å². The minimum absolute atomic E-state index is 0.0744. The van der Waals surface area contributed by atoms with Crippen molar-refractivity contribution in [2.45, 2.75) is 52.5 Å². The first-order chi connectivity index (χ1) is 16.6. The van der Waals surface area contributed by atoms with Gasteiger partial charge in [0, 0.05) is 6.54 Å². The summed E-state index contributed by atoms with van der Waals surface area (Å²) >= 11 is 0. The molecule has 184 valence electrons. The molecule has 3 aromatic carbocycles. The normalized spacial score (nSPS) is 11.8. The highest BCUT2D eigenvalue weighted by molar-refractivity contribution is 7.89. The average molecular weight is 492 g/mol. The zero-order valence-electron chi connectivity index (χ0n) is 21.0. The number of hydrazone groups is 1. The summed E-state index contributed by atoms with van der Waals surface area (Å²) in [7, 11) is -3.95. The predicted molar refractivity (Wildman–Crippen MR) is 141 cm³/mol. The molecule has 0 unspecified atom stereocenters. The van der Waals surface area contributed by atoms with E-state index in [1.165, 1.54) is 9.87 Å². The first-order valence-electron chi connectivity index (χ1n) is 11.6. The van der Waals surface area contributed by atoms with Crippen LogP contribution in [0.15, 0.2) is 70.7 Å². The third-order valence-electron chi connectivity index (χ3n) is 5.79. The Balaban J connectivity index is 1.84. The highest BCUT2D eigenvalue weighted by atomic mass is 32.2. The fourth-order valence-corrected chi connectivity index (χ4v) is 5.84. The van der Waals surface area contributed by atoms with Crippen molar-refractivity contribution in [3.8, 4) is 0 Å². The summed E-state index contributed by atoms with van der Waals surface area (Å²) in [5, 5.41) is 4.02. The van der Waals surface area contributed by atoms with E-state index >= 15 is 0 Å². The third-order valence-corrected chi connectivity index (χ3v) is 7.89. The van der Waals surface area contributed by atoms with Gasteiger partial charge in [-0.2, -0.15) is 9.41 Å². The SMILES string of the molecule is CCc1ccc(/C=N/NC(=O)CN(Cc2ccc(C)cc2)S(=O)(=O)c2c(C)cc(C)cc2C)cc1. The zero-order chi connectivity index (χ0) is 25.6. The second-order valence-electron chi connectivity index (χ2n) is 8.87. The number of carbonyl (C=O) groups excluding carboxylic acids is 1. The second-order valence-corrected chi connectivity index (χ2v) is 10.7. The van der Waals surface area contributed by atoms with Crippen molar-refractivity contribution in [3.63, 3.8) is 0 Å². The number of amides is 1. The van der Waals surface area contributed by atoms with Gasteiger partial charge in [0.1, 0.15) is 0 Å². The molecule has 0 atom stereocenters. The zero-order valence-corrected chi connectivity index (χ0v) is 21.8. The molecule has 0 aliphatic carbocycles. The Labute approximate surface area is 208 Å². The average Bonchev–Trinajstić information content (AvgIpc) is 2.79. The number of aryl methyl sites for hydroxylation is 5. The molecule has 0 aliphatic rings. The Morgan fingerprint density at radius 3 is 2.03 bits per heavy atom. The van der Waals surface area contributed by atoms with Gasteiger partial charge in [-0.15, -0.1) is 0 Å². The van der Waals surface area contributed by atoms with Gasteiger partial charge < -0.3 is 0 Å². The molecule has 6 nitrogen and oxygen atoms in total. The maximum absolute atomic E-state index is 13.8. The molecule has 0 spiro atoms. The highest BCUT2D eigenvalue weighted by Gasteiger charge is 2.30. The molecule has 0 saturated carbocycles. The highest BCUT2D eigenvalue weighted by Crippen LogP contribution is 2.26. The molecule has 35 heavy (non-hydrogen) atoms. The standard InChI is InChI=1S/C28H33N3O3S/c1-6-24-11-13-25(14-12-24)17-29-30-27(32)19-31(18-26-9-7-20(2)8-10-26)35(33,34)28-22(4)15-21(3)16-23(28)5/h7-17H,6,18-19H2,1-5H3,(H,30,32)/b29-17+. The lowest BCUT2D eigenvalue weighted by atomic mass is 10.1.